The van der Waals surface area contributed by atoms with Crippen LogP contribution < -0.4 is 14.8 Å². The maximum Gasteiger partial charge on any atom is 0.344 e. The quantitative estimate of drug-likeness (QED) is 0.292. The van der Waals surface area contributed by atoms with Crippen molar-refractivity contribution in [2.24, 2.45) is 0 Å². The van der Waals surface area contributed by atoms with E-state index in [1.807, 2.05) is 6.07 Å². The molecule has 0 aromatic heterocycles. The Labute approximate surface area is 193 Å². The van der Waals surface area contributed by atoms with E-state index in [-0.39, 0.29) is 18.8 Å². The highest BCUT2D eigenvalue weighted by Crippen LogP contribution is 2.35. The number of amides is 1. The van der Waals surface area contributed by atoms with Gasteiger partial charge in [0.15, 0.2) is 18.1 Å². The van der Waals surface area contributed by atoms with E-state index in [4.69, 9.17) is 25.8 Å². The number of halogens is 2. The van der Waals surface area contributed by atoms with Gasteiger partial charge in [-0.15, -0.1) is 0 Å². The van der Waals surface area contributed by atoms with Crippen LogP contribution in [0.1, 0.15) is 19.4 Å². The first-order valence-corrected chi connectivity index (χ1v) is 10.5. The minimum Gasteiger partial charge on any atom is -0.490 e. The van der Waals surface area contributed by atoms with Gasteiger partial charge < -0.3 is 19.5 Å². The Morgan fingerprint density at radius 2 is 1.90 bits per heavy atom. The van der Waals surface area contributed by atoms with E-state index < -0.39 is 11.9 Å². The van der Waals surface area contributed by atoms with E-state index in [2.05, 4.69) is 21.2 Å². The fourth-order valence-corrected chi connectivity index (χ4v) is 3.08. The summed E-state index contributed by atoms with van der Waals surface area (Å²) in [4.78, 5) is 24.1. The van der Waals surface area contributed by atoms with Crippen molar-refractivity contribution in [3.63, 3.8) is 0 Å². The Bertz CT molecular complexity index is 1030. The number of carbonyl (C=O) groups excluding carboxylic acids is 2. The molecule has 0 saturated carbocycles. The van der Waals surface area contributed by atoms with Gasteiger partial charge >= 0.3 is 5.97 Å². The van der Waals surface area contributed by atoms with Gasteiger partial charge in [-0.1, -0.05) is 33.6 Å². The monoisotopic (exact) mass is 506 g/mol. The van der Waals surface area contributed by atoms with Gasteiger partial charge in [0.25, 0.3) is 5.91 Å². The maximum atomic E-state index is 12.5. The van der Waals surface area contributed by atoms with Crippen molar-refractivity contribution in [3.05, 3.63) is 57.0 Å². The normalized spacial score (nSPS) is 10.7. The lowest BCUT2D eigenvalue weighted by molar-refractivity contribution is -0.145. The van der Waals surface area contributed by atoms with E-state index >= 15 is 0 Å². The highest BCUT2D eigenvalue weighted by molar-refractivity contribution is 9.10. The van der Waals surface area contributed by atoms with Gasteiger partial charge in [0, 0.05) is 15.2 Å². The molecule has 2 rings (SSSR count). The van der Waals surface area contributed by atoms with Crippen LogP contribution in [0.5, 0.6) is 11.5 Å². The lowest BCUT2D eigenvalue weighted by Crippen LogP contribution is -2.15. The highest BCUT2D eigenvalue weighted by atomic mass is 79.9. The molecule has 1 N–H and O–H groups in total. The number of benzene rings is 2. The predicted octanol–water partition coefficient (Wildman–Crippen LogP) is 4.99. The first-order chi connectivity index (χ1) is 14.9. The molecule has 0 aliphatic rings. The summed E-state index contributed by atoms with van der Waals surface area (Å²) in [5, 5.41) is 12.6. The average Bonchev–Trinajstić information content (AvgIpc) is 2.73. The Morgan fingerprint density at radius 3 is 2.55 bits per heavy atom. The van der Waals surface area contributed by atoms with Gasteiger partial charge in [-0.2, -0.15) is 5.26 Å². The second kappa shape index (κ2) is 12.0. The lowest BCUT2D eigenvalue weighted by Gasteiger charge is -2.14. The Hall–Kier alpha value is -3.02. The first-order valence-electron chi connectivity index (χ1n) is 9.31. The maximum absolute atomic E-state index is 12.5. The molecule has 2 aromatic rings. The summed E-state index contributed by atoms with van der Waals surface area (Å²) in [6.07, 6.45) is 1.42. The zero-order valence-corrected chi connectivity index (χ0v) is 19.2. The van der Waals surface area contributed by atoms with Crippen LogP contribution in [0.25, 0.3) is 6.08 Å². The number of nitrogens with one attached hydrogen (secondary N) is 1. The van der Waals surface area contributed by atoms with Crippen LogP contribution >= 0.6 is 27.5 Å². The molecule has 7 nitrogen and oxygen atoms in total. The van der Waals surface area contributed by atoms with E-state index in [0.29, 0.717) is 38.9 Å². The van der Waals surface area contributed by atoms with Gasteiger partial charge in [-0.05, 0) is 55.8 Å². The number of ether oxygens (including phenoxy) is 3. The van der Waals surface area contributed by atoms with Crippen molar-refractivity contribution in [1.29, 1.82) is 5.26 Å². The summed E-state index contributed by atoms with van der Waals surface area (Å²) in [5.41, 5.74) is 0.864. The summed E-state index contributed by atoms with van der Waals surface area (Å²) in [7, 11) is 0. The fraction of sp³-hybridized carbons (Fsp3) is 0.227. The third-order valence-corrected chi connectivity index (χ3v) is 4.68. The largest absolute Gasteiger partial charge is 0.490 e. The zero-order chi connectivity index (χ0) is 22.8. The van der Waals surface area contributed by atoms with Crippen molar-refractivity contribution >= 4 is 51.2 Å². The second-order valence-corrected chi connectivity index (χ2v) is 7.27. The number of anilines is 1. The minimum absolute atomic E-state index is 0.122. The summed E-state index contributed by atoms with van der Waals surface area (Å²) in [6, 6.07) is 11.7. The van der Waals surface area contributed by atoms with Gasteiger partial charge in [-0.25, -0.2) is 4.79 Å². The van der Waals surface area contributed by atoms with Crippen LogP contribution in [0.4, 0.5) is 5.69 Å². The molecule has 0 fully saturated rings. The number of nitriles is 1. The van der Waals surface area contributed by atoms with Gasteiger partial charge in [0.2, 0.25) is 0 Å². The second-order valence-electron chi connectivity index (χ2n) is 5.98. The number of nitrogens with zero attached hydrogens (tertiary/aromatic N) is 1. The van der Waals surface area contributed by atoms with Crippen LogP contribution in [-0.2, 0) is 14.3 Å². The molecule has 0 atom stereocenters. The summed E-state index contributed by atoms with van der Waals surface area (Å²) in [6.45, 7) is 3.83. The van der Waals surface area contributed by atoms with E-state index in [1.54, 1.807) is 50.2 Å². The van der Waals surface area contributed by atoms with Crippen LogP contribution in [-0.4, -0.2) is 31.7 Å². The summed E-state index contributed by atoms with van der Waals surface area (Å²) < 4.78 is 16.5. The summed E-state index contributed by atoms with van der Waals surface area (Å²) in [5.74, 6) is -0.415. The number of esters is 1. The number of hydrogen-bond acceptors (Lipinski definition) is 6. The van der Waals surface area contributed by atoms with Gasteiger partial charge in [-0.3, -0.25) is 4.79 Å². The molecule has 0 spiro atoms. The van der Waals surface area contributed by atoms with Crippen molar-refractivity contribution < 1.29 is 23.8 Å². The smallest absolute Gasteiger partial charge is 0.344 e. The molecule has 0 heterocycles. The van der Waals surface area contributed by atoms with Crippen LogP contribution in [0.3, 0.4) is 0 Å². The van der Waals surface area contributed by atoms with E-state index in [9.17, 15) is 14.9 Å². The molecule has 0 bridgehead atoms. The molecule has 31 heavy (non-hydrogen) atoms. The Balaban J connectivity index is 2.29. The third-order valence-electron chi connectivity index (χ3n) is 3.76. The van der Waals surface area contributed by atoms with Gasteiger partial charge in [0.1, 0.15) is 11.6 Å². The van der Waals surface area contributed by atoms with Gasteiger partial charge in [0.05, 0.1) is 13.2 Å². The predicted molar refractivity (Wildman–Crippen MR) is 121 cm³/mol. The SMILES string of the molecule is CCOC(=O)COc1cc(Br)c(/C=C(\C#N)C(=O)Nc2cccc(Cl)c2)cc1OCC. The average molecular weight is 508 g/mol. The number of carbonyl (C=O) groups is 2. The first kappa shape index (κ1) is 24.3. The molecule has 0 radical (unpaired) electrons. The van der Waals surface area contributed by atoms with Crippen LogP contribution in [0.2, 0.25) is 5.02 Å². The topological polar surface area (TPSA) is 97.7 Å². The molecule has 2 aromatic carbocycles. The number of rotatable bonds is 9. The Morgan fingerprint density at radius 1 is 1.16 bits per heavy atom. The molecule has 0 aliphatic carbocycles. The molecule has 0 saturated heterocycles. The molecule has 162 valence electrons. The zero-order valence-electron chi connectivity index (χ0n) is 16.9. The molecule has 9 heteroatoms. The van der Waals surface area contributed by atoms with E-state index in [0.717, 1.165) is 0 Å². The van der Waals surface area contributed by atoms with Crippen molar-refractivity contribution in [1.82, 2.24) is 0 Å². The van der Waals surface area contributed by atoms with Crippen LogP contribution in [0.15, 0.2) is 46.4 Å². The minimum atomic E-state index is -0.586. The fourth-order valence-electron chi connectivity index (χ4n) is 2.45. The molecule has 1 amide bonds. The third kappa shape index (κ3) is 7.31. The van der Waals surface area contributed by atoms with Crippen molar-refractivity contribution in [2.45, 2.75) is 13.8 Å². The highest BCUT2D eigenvalue weighted by Gasteiger charge is 2.15. The number of hydrogen-bond donors (Lipinski definition) is 1. The van der Waals surface area contributed by atoms with Crippen molar-refractivity contribution in [2.75, 3.05) is 25.1 Å². The van der Waals surface area contributed by atoms with Crippen LogP contribution in [0, 0.1) is 11.3 Å². The molecular formula is C22H20BrClN2O5. The van der Waals surface area contributed by atoms with Crippen molar-refractivity contribution in [3.8, 4) is 17.6 Å². The Kier molecular flexibility index (Phi) is 9.38. The van der Waals surface area contributed by atoms with E-state index in [1.165, 1.54) is 6.08 Å². The molecule has 0 aliphatic heterocycles. The molecular weight excluding hydrogens is 488 g/mol. The summed E-state index contributed by atoms with van der Waals surface area (Å²) >= 11 is 9.32. The lowest BCUT2D eigenvalue weighted by atomic mass is 10.1. The standard InChI is InChI=1S/C22H20BrClN2O5/c1-3-29-19-9-14(18(23)11-20(19)31-13-21(27)30-4-2)8-15(12-25)22(28)26-17-7-5-6-16(24)10-17/h5-11H,3-4,13H2,1-2H3,(H,26,28)/b15-8+. The molecule has 0 unspecified atom stereocenters.